The highest BCUT2D eigenvalue weighted by Crippen LogP contribution is 2.19. The molecule has 1 aromatic carbocycles. The highest BCUT2D eigenvalue weighted by molar-refractivity contribution is 6.35. The third-order valence-electron chi connectivity index (χ3n) is 2.52. The number of ether oxygens (including phenoxy) is 1. The summed E-state index contributed by atoms with van der Waals surface area (Å²) in [5.74, 6) is -0.378. The molecule has 18 heavy (non-hydrogen) atoms. The van der Waals surface area contributed by atoms with Crippen molar-refractivity contribution in [1.29, 1.82) is 5.41 Å². The maximum absolute atomic E-state index is 11.7. The van der Waals surface area contributed by atoms with E-state index in [1.807, 2.05) is 37.3 Å². The van der Waals surface area contributed by atoms with Gasteiger partial charge in [0, 0.05) is 6.42 Å². The lowest BCUT2D eigenvalue weighted by Crippen LogP contribution is -2.29. The first-order valence-electron chi connectivity index (χ1n) is 6.15. The first kappa shape index (κ1) is 14.4. The molecule has 0 radical (unpaired) electrons. The van der Waals surface area contributed by atoms with Gasteiger partial charge in [-0.05, 0) is 32.3 Å². The summed E-state index contributed by atoms with van der Waals surface area (Å²) in [5.41, 5.74) is 0.617. The first-order valence-corrected chi connectivity index (χ1v) is 6.15. The van der Waals surface area contributed by atoms with Crippen LogP contribution in [-0.2, 0) is 9.53 Å². The van der Waals surface area contributed by atoms with Crippen molar-refractivity contribution in [2.24, 2.45) is 0 Å². The van der Waals surface area contributed by atoms with Crippen molar-refractivity contribution < 1.29 is 9.53 Å². The monoisotopic (exact) mass is 247 g/mol. The van der Waals surface area contributed by atoms with E-state index in [2.05, 4.69) is 0 Å². The summed E-state index contributed by atoms with van der Waals surface area (Å²) in [6.45, 7) is 7.42. The van der Waals surface area contributed by atoms with E-state index in [4.69, 9.17) is 10.1 Å². The van der Waals surface area contributed by atoms with Crippen LogP contribution in [0.5, 0.6) is 0 Å². The summed E-state index contributed by atoms with van der Waals surface area (Å²) in [5, 5.41) is 7.78. The third kappa shape index (κ3) is 4.70. The second-order valence-corrected chi connectivity index (χ2v) is 5.50. The maximum Gasteiger partial charge on any atom is 0.352 e. The molecule has 1 aromatic rings. The molecule has 98 valence electrons. The van der Waals surface area contributed by atoms with Crippen LogP contribution in [0.4, 0.5) is 0 Å². The number of esters is 1. The van der Waals surface area contributed by atoms with Gasteiger partial charge in [0.15, 0.2) is 0 Å². The average molecular weight is 247 g/mol. The topological polar surface area (TPSA) is 50.2 Å². The summed E-state index contributed by atoms with van der Waals surface area (Å²) in [4.78, 5) is 11.7. The Labute approximate surface area is 109 Å². The molecule has 0 bridgehead atoms. The molecule has 3 heteroatoms. The Bertz CT molecular complexity index is 418. The van der Waals surface area contributed by atoms with E-state index in [1.165, 1.54) is 0 Å². The summed E-state index contributed by atoms with van der Waals surface area (Å²) >= 11 is 0. The first-order chi connectivity index (χ1) is 8.29. The SMILES string of the molecule is C[C@H](CC(=N)C(=O)OC(C)(C)C)c1ccccc1. The highest BCUT2D eigenvalue weighted by Gasteiger charge is 2.21. The molecule has 0 aliphatic heterocycles. The van der Waals surface area contributed by atoms with Gasteiger partial charge < -0.3 is 4.74 Å². The van der Waals surface area contributed by atoms with Gasteiger partial charge in [0.25, 0.3) is 0 Å². The van der Waals surface area contributed by atoms with Crippen LogP contribution in [-0.4, -0.2) is 17.3 Å². The molecule has 3 nitrogen and oxygen atoms in total. The Kier molecular flexibility index (Phi) is 4.65. The van der Waals surface area contributed by atoms with Gasteiger partial charge in [-0.15, -0.1) is 0 Å². The van der Waals surface area contributed by atoms with Gasteiger partial charge in [-0.3, -0.25) is 5.41 Å². The fourth-order valence-corrected chi connectivity index (χ4v) is 1.63. The molecule has 0 aromatic heterocycles. The van der Waals surface area contributed by atoms with E-state index in [9.17, 15) is 4.79 Å². The van der Waals surface area contributed by atoms with Crippen molar-refractivity contribution in [3.8, 4) is 0 Å². The van der Waals surface area contributed by atoms with Crippen molar-refractivity contribution in [1.82, 2.24) is 0 Å². The Balaban J connectivity index is 2.58. The van der Waals surface area contributed by atoms with Crippen molar-refractivity contribution >= 4 is 11.7 Å². The zero-order valence-electron chi connectivity index (χ0n) is 11.5. The molecule has 0 heterocycles. The van der Waals surface area contributed by atoms with Gasteiger partial charge in [0.1, 0.15) is 11.3 Å². The molecule has 0 aliphatic carbocycles. The van der Waals surface area contributed by atoms with Gasteiger partial charge in [0.2, 0.25) is 0 Å². The predicted octanol–water partition coefficient (Wildman–Crippen LogP) is 3.54. The van der Waals surface area contributed by atoms with Gasteiger partial charge in [-0.1, -0.05) is 37.3 Å². The molecule has 1 atom stereocenters. The van der Waals surface area contributed by atoms with E-state index in [0.29, 0.717) is 6.42 Å². The van der Waals surface area contributed by atoms with Gasteiger partial charge >= 0.3 is 5.97 Å². The number of benzene rings is 1. The largest absolute Gasteiger partial charge is 0.456 e. The van der Waals surface area contributed by atoms with Crippen molar-refractivity contribution in [3.63, 3.8) is 0 Å². The molecule has 1 rings (SSSR count). The lowest BCUT2D eigenvalue weighted by molar-refractivity contribution is -0.146. The van der Waals surface area contributed by atoms with Gasteiger partial charge in [-0.2, -0.15) is 0 Å². The number of hydrogen-bond acceptors (Lipinski definition) is 3. The molecule has 0 saturated heterocycles. The number of nitrogens with one attached hydrogen (secondary N) is 1. The van der Waals surface area contributed by atoms with Crippen molar-refractivity contribution in [2.75, 3.05) is 0 Å². The molecule has 0 spiro atoms. The number of rotatable bonds is 4. The fraction of sp³-hybridized carbons (Fsp3) is 0.467. The fourth-order valence-electron chi connectivity index (χ4n) is 1.63. The zero-order chi connectivity index (χ0) is 13.8. The average Bonchev–Trinajstić information content (AvgIpc) is 2.27. The minimum absolute atomic E-state index is 0.0290. The molecule has 0 fully saturated rings. The second kappa shape index (κ2) is 5.80. The smallest absolute Gasteiger partial charge is 0.352 e. The standard InChI is InChI=1S/C15H21NO2/c1-11(12-8-6-5-7-9-12)10-13(16)14(17)18-15(2,3)4/h5-9,11,16H,10H2,1-4H3/t11-/m1/s1. The normalized spacial score (nSPS) is 12.9. The van der Waals surface area contributed by atoms with Gasteiger partial charge in [0.05, 0.1) is 0 Å². The molecule has 0 saturated carbocycles. The van der Waals surface area contributed by atoms with Crippen LogP contribution in [0.2, 0.25) is 0 Å². The number of carbonyl (C=O) groups is 1. The lowest BCUT2D eigenvalue weighted by atomic mass is 9.95. The van der Waals surface area contributed by atoms with Crippen LogP contribution >= 0.6 is 0 Å². The Morgan fingerprint density at radius 3 is 2.33 bits per heavy atom. The summed E-state index contributed by atoms with van der Waals surface area (Å²) in [7, 11) is 0. The summed E-state index contributed by atoms with van der Waals surface area (Å²) in [6.07, 6.45) is 0.402. The van der Waals surface area contributed by atoms with Crippen LogP contribution < -0.4 is 0 Å². The maximum atomic E-state index is 11.7. The summed E-state index contributed by atoms with van der Waals surface area (Å²) in [6, 6.07) is 9.89. The molecule has 1 N–H and O–H groups in total. The molecule has 0 unspecified atom stereocenters. The van der Waals surface area contributed by atoms with Gasteiger partial charge in [-0.25, -0.2) is 4.79 Å². The lowest BCUT2D eigenvalue weighted by Gasteiger charge is -2.20. The highest BCUT2D eigenvalue weighted by atomic mass is 16.6. The Morgan fingerprint density at radius 1 is 1.28 bits per heavy atom. The van der Waals surface area contributed by atoms with Crippen LogP contribution in [0.15, 0.2) is 30.3 Å². The van der Waals surface area contributed by atoms with Crippen molar-refractivity contribution in [3.05, 3.63) is 35.9 Å². The number of carbonyl (C=O) groups excluding carboxylic acids is 1. The van der Waals surface area contributed by atoms with Crippen LogP contribution in [0.1, 0.15) is 45.6 Å². The molecular formula is C15H21NO2. The van der Waals surface area contributed by atoms with Crippen LogP contribution in [0.3, 0.4) is 0 Å². The molecule has 0 aliphatic rings. The molecule has 0 amide bonds. The van der Waals surface area contributed by atoms with Crippen LogP contribution in [0, 0.1) is 5.41 Å². The quantitative estimate of drug-likeness (QED) is 0.653. The minimum atomic E-state index is -0.542. The van der Waals surface area contributed by atoms with Crippen molar-refractivity contribution in [2.45, 2.75) is 45.6 Å². The zero-order valence-corrected chi connectivity index (χ0v) is 11.5. The predicted molar refractivity (Wildman–Crippen MR) is 73.0 cm³/mol. The van der Waals surface area contributed by atoms with E-state index in [1.54, 1.807) is 20.8 Å². The van der Waals surface area contributed by atoms with Crippen LogP contribution in [0.25, 0.3) is 0 Å². The van der Waals surface area contributed by atoms with E-state index < -0.39 is 11.6 Å². The third-order valence-corrected chi connectivity index (χ3v) is 2.52. The van der Waals surface area contributed by atoms with E-state index in [0.717, 1.165) is 5.56 Å². The number of hydrogen-bond donors (Lipinski definition) is 1. The minimum Gasteiger partial charge on any atom is -0.456 e. The summed E-state index contributed by atoms with van der Waals surface area (Å²) < 4.78 is 5.17. The van der Waals surface area contributed by atoms with E-state index in [-0.39, 0.29) is 11.6 Å². The molecular weight excluding hydrogens is 226 g/mol. The second-order valence-electron chi connectivity index (χ2n) is 5.50. The van der Waals surface area contributed by atoms with E-state index >= 15 is 0 Å². The Morgan fingerprint density at radius 2 is 1.83 bits per heavy atom. The Hall–Kier alpha value is -1.64.